The summed E-state index contributed by atoms with van der Waals surface area (Å²) in [6, 6.07) is 10.0. The van der Waals surface area contributed by atoms with Gasteiger partial charge in [0.05, 0.1) is 12.2 Å². The average Bonchev–Trinajstić information content (AvgIpc) is 3.45. The number of ether oxygens (including phenoxy) is 2. The lowest BCUT2D eigenvalue weighted by atomic mass is 10.0. The van der Waals surface area contributed by atoms with E-state index in [2.05, 4.69) is 10.2 Å². The number of rotatable bonds is 7. The van der Waals surface area contributed by atoms with Gasteiger partial charge in [-0.05, 0) is 77.5 Å². The quantitative estimate of drug-likeness (QED) is 0.395. The molecule has 0 radical (unpaired) electrons. The van der Waals surface area contributed by atoms with Gasteiger partial charge in [-0.15, -0.1) is 0 Å². The number of amides is 1. The molecule has 38 heavy (non-hydrogen) atoms. The number of carbonyl (C=O) groups excluding carboxylic acids is 2. The van der Waals surface area contributed by atoms with Crippen molar-refractivity contribution in [3.63, 3.8) is 0 Å². The van der Waals surface area contributed by atoms with Crippen LogP contribution in [0.1, 0.15) is 61.0 Å². The molecule has 0 saturated carbocycles. The lowest BCUT2D eigenvalue weighted by Gasteiger charge is -2.22. The Hall–Kier alpha value is -3.72. The van der Waals surface area contributed by atoms with Crippen molar-refractivity contribution in [2.75, 3.05) is 26.7 Å². The van der Waals surface area contributed by atoms with Crippen molar-refractivity contribution in [3.05, 3.63) is 71.6 Å². The maximum atomic E-state index is 14.1. The second-order valence-corrected chi connectivity index (χ2v) is 10.5. The van der Waals surface area contributed by atoms with Gasteiger partial charge in [-0.25, -0.2) is 13.6 Å². The highest BCUT2D eigenvalue weighted by atomic mass is 19.1. The summed E-state index contributed by atoms with van der Waals surface area (Å²) < 4.78 is 40.8. The zero-order valence-corrected chi connectivity index (χ0v) is 22.3. The Morgan fingerprint density at radius 3 is 2.29 bits per heavy atom. The molecule has 1 aliphatic rings. The van der Waals surface area contributed by atoms with Gasteiger partial charge in [0, 0.05) is 29.9 Å². The molecule has 0 bridgehead atoms. The number of esters is 1. The van der Waals surface area contributed by atoms with Crippen molar-refractivity contribution < 1.29 is 27.8 Å². The van der Waals surface area contributed by atoms with Crippen molar-refractivity contribution >= 4 is 11.9 Å². The van der Waals surface area contributed by atoms with E-state index >= 15 is 0 Å². The highest BCUT2D eigenvalue weighted by molar-refractivity contribution is 6.10. The number of nitrogens with zero attached hydrogens (tertiary/aromatic N) is 2. The van der Waals surface area contributed by atoms with E-state index in [0.717, 1.165) is 31.6 Å². The van der Waals surface area contributed by atoms with Crippen LogP contribution in [-0.4, -0.2) is 53.6 Å². The molecule has 202 valence electrons. The number of nitrogens with one attached hydrogen (secondary N) is 1. The summed E-state index contributed by atoms with van der Waals surface area (Å²) in [5, 5.41) is 2.97. The number of para-hydroxylation sites is 1. The molecule has 2 heterocycles. The van der Waals surface area contributed by atoms with Gasteiger partial charge in [0.2, 0.25) is 0 Å². The average molecular weight is 526 g/mol. The minimum atomic E-state index is -0.812. The zero-order chi connectivity index (χ0) is 27.6. The van der Waals surface area contributed by atoms with Crippen LogP contribution in [0.15, 0.2) is 48.7 Å². The smallest absolute Gasteiger partial charge is 0.355 e. The summed E-state index contributed by atoms with van der Waals surface area (Å²) in [6.07, 6.45) is 2.64. The van der Waals surface area contributed by atoms with Gasteiger partial charge >= 0.3 is 5.97 Å². The van der Waals surface area contributed by atoms with E-state index in [1.165, 1.54) is 6.07 Å². The minimum Gasteiger partial charge on any atom is -0.461 e. The predicted octanol–water partition coefficient (Wildman–Crippen LogP) is 5.81. The Bertz CT molecular complexity index is 1310. The standard InChI is InChI=1S/C29H33F2N3O4/c1-6-37-28(36)25-24(27(35)32-29(2,3)4)21(17-34(25)19-14-15-33(5)16-19)18-10-12-20(13-11-18)38-26-22(30)8-7-9-23(26)31/h7-13,17,19H,6,14-16H2,1-5H3,(H,32,35). The first-order valence-electron chi connectivity index (χ1n) is 12.6. The van der Waals surface area contributed by atoms with E-state index in [9.17, 15) is 18.4 Å². The number of aromatic nitrogens is 1. The highest BCUT2D eigenvalue weighted by Crippen LogP contribution is 2.36. The lowest BCUT2D eigenvalue weighted by molar-refractivity contribution is 0.0507. The molecule has 0 aliphatic carbocycles. The number of halogens is 2. The zero-order valence-electron chi connectivity index (χ0n) is 22.3. The van der Waals surface area contributed by atoms with Gasteiger partial charge in [-0.2, -0.15) is 0 Å². The van der Waals surface area contributed by atoms with Crippen molar-refractivity contribution in [3.8, 4) is 22.6 Å². The van der Waals surface area contributed by atoms with Crippen molar-refractivity contribution in [2.45, 2.75) is 45.7 Å². The Morgan fingerprint density at radius 2 is 1.74 bits per heavy atom. The third-order valence-corrected chi connectivity index (χ3v) is 6.28. The predicted molar refractivity (Wildman–Crippen MR) is 141 cm³/mol. The van der Waals surface area contributed by atoms with Crippen molar-refractivity contribution in [1.29, 1.82) is 0 Å². The van der Waals surface area contributed by atoms with Crippen LogP contribution >= 0.6 is 0 Å². The molecule has 1 aromatic heterocycles. The number of benzene rings is 2. The third-order valence-electron chi connectivity index (χ3n) is 6.28. The normalized spacial score (nSPS) is 15.9. The van der Waals surface area contributed by atoms with E-state index in [0.29, 0.717) is 11.1 Å². The maximum Gasteiger partial charge on any atom is 0.355 e. The number of hydrogen-bond donors (Lipinski definition) is 1. The Morgan fingerprint density at radius 1 is 1.08 bits per heavy atom. The molecular formula is C29H33F2N3O4. The minimum absolute atomic E-state index is 0.0130. The fourth-order valence-corrected chi connectivity index (χ4v) is 4.61. The molecule has 1 aliphatic heterocycles. The van der Waals surface area contributed by atoms with E-state index in [1.807, 2.05) is 38.6 Å². The van der Waals surface area contributed by atoms with Crippen LogP contribution in [0.4, 0.5) is 8.78 Å². The molecule has 1 saturated heterocycles. The first-order valence-corrected chi connectivity index (χ1v) is 12.6. The summed E-state index contributed by atoms with van der Waals surface area (Å²) in [5.41, 5.74) is 1.07. The first-order chi connectivity index (χ1) is 18.0. The molecule has 4 rings (SSSR count). The van der Waals surface area contributed by atoms with Crippen LogP contribution in [0.3, 0.4) is 0 Å². The van der Waals surface area contributed by atoms with Crippen LogP contribution in [0.2, 0.25) is 0 Å². The van der Waals surface area contributed by atoms with Gasteiger partial charge in [-0.1, -0.05) is 18.2 Å². The topological polar surface area (TPSA) is 72.8 Å². The van der Waals surface area contributed by atoms with Gasteiger partial charge in [0.1, 0.15) is 11.4 Å². The number of likely N-dealkylation sites (tertiary alicyclic amines) is 1. The summed E-state index contributed by atoms with van der Waals surface area (Å²) in [5.74, 6) is -2.86. The van der Waals surface area contributed by atoms with Crippen LogP contribution < -0.4 is 10.1 Å². The number of hydrogen-bond acceptors (Lipinski definition) is 5. The molecule has 1 N–H and O–H groups in total. The molecule has 0 spiro atoms. The first kappa shape index (κ1) is 27.3. The largest absolute Gasteiger partial charge is 0.461 e. The molecule has 7 nitrogen and oxygen atoms in total. The maximum absolute atomic E-state index is 14.1. The van der Waals surface area contributed by atoms with Crippen LogP contribution in [-0.2, 0) is 4.74 Å². The molecule has 1 amide bonds. The molecule has 1 fully saturated rings. The van der Waals surface area contributed by atoms with E-state index in [4.69, 9.17) is 9.47 Å². The number of carbonyl (C=O) groups is 2. The molecular weight excluding hydrogens is 492 g/mol. The second-order valence-electron chi connectivity index (χ2n) is 10.5. The fourth-order valence-electron chi connectivity index (χ4n) is 4.61. The van der Waals surface area contributed by atoms with Gasteiger partial charge in [0.15, 0.2) is 17.4 Å². The Balaban J connectivity index is 1.80. The van der Waals surface area contributed by atoms with Gasteiger partial charge in [0.25, 0.3) is 5.91 Å². The summed E-state index contributed by atoms with van der Waals surface area (Å²) in [6.45, 7) is 9.08. The van der Waals surface area contributed by atoms with Crippen molar-refractivity contribution in [2.24, 2.45) is 0 Å². The molecule has 2 aromatic carbocycles. The third kappa shape index (κ3) is 5.88. The number of likely N-dealkylation sites (N-methyl/N-ethyl adjacent to an activating group) is 1. The summed E-state index contributed by atoms with van der Waals surface area (Å²) in [7, 11) is 2.01. The molecule has 1 unspecified atom stereocenters. The SMILES string of the molecule is CCOC(=O)c1c(C(=O)NC(C)(C)C)c(-c2ccc(Oc3c(F)cccc3F)cc2)cn1C1CCN(C)C1. The molecule has 9 heteroatoms. The van der Waals surface area contributed by atoms with Gasteiger partial charge in [-0.3, -0.25) is 4.79 Å². The fraction of sp³-hybridized carbons (Fsp3) is 0.379. The van der Waals surface area contributed by atoms with Crippen LogP contribution in [0, 0.1) is 11.6 Å². The highest BCUT2D eigenvalue weighted by Gasteiger charge is 2.34. The lowest BCUT2D eigenvalue weighted by Crippen LogP contribution is -2.41. The Labute approximate surface area is 221 Å². The van der Waals surface area contributed by atoms with Gasteiger partial charge < -0.3 is 24.3 Å². The molecule has 3 aromatic rings. The monoisotopic (exact) mass is 525 g/mol. The summed E-state index contributed by atoms with van der Waals surface area (Å²) in [4.78, 5) is 29.0. The van der Waals surface area contributed by atoms with E-state index in [1.54, 1.807) is 31.2 Å². The Kier molecular flexibility index (Phi) is 7.87. The van der Waals surface area contributed by atoms with Crippen LogP contribution in [0.25, 0.3) is 11.1 Å². The summed E-state index contributed by atoms with van der Waals surface area (Å²) >= 11 is 0. The molecule has 1 atom stereocenters. The van der Waals surface area contributed by atoms with Crippen LogP contribution in [0.5, 0.6) is 11.5 Å². The van der Waals surface area contributed by atoms with E-state index in [-0.39, 0.29) is 29.7 Å². The second kappa shape index (κ2) is 10.9. The van der Waals surface area contributed by atoms with Crippen molar-refractivity contribution in [1.82, 2.24) is 14.8 Å². The van der Waals surface area contributed by atoms with E-state index < -0.39 is 34.8 Å².